The average Bonchev–Trinajstić information content (AvgIpc) is 3.09. The molecular weight excluding hydrogens is 594 g/mol. The molecule has 0 bridgehead atoms. The predicted molar refractivity (Wildman–Crippen MR) is 182 cm³/mol. The van der Waals surface area contributed by atoms with Crippen molar-refractivity contribution in [3.63, 3.8) is 0 Å². The van der Waals surface area contributed by atoms with E-state index in [0.717, 1.165) is 28.5 Å². The van der Waals surface area contributed by atoms with Crippen LogP contribution >= 0.6 is 0 Å². The van der Waals surface area contributed by atoms with Crippen LogP contribution in [0.2, 0.25) is 0 Å². The van der Waals surface area contributed by atoms with E-state index in [4.69, 9.17) is 4.74 Å². The normalized spacial score (nSPS) is 15.7. The molecular formula is C38H39N3O6. The van der Waals surface area contributed by atoms with E-state index in [1.54, 1.807) is 24.3 Å². The molecule has 1 aliphatic carbocycles. The van der Waals surface area contributed by atoms with Gasteiger partial charge in [0.05, 0.1) is 5.69 Å². The number of carboxylic acid groups (broad SMARTS) is 1. The van der Waals surface area contributed by atoms with Crippen LogP contribution in [0.5, 0.6) is 0 Å². The number of aryl methyl sites for hydroxylation is 1. The van der Waals surface area contributed by atoms with Crippen LogP contribution in [0, 0.1) is 0 Å². The second kappa shape index (κ2) is 16.2. The van der Waals surface area contributed by atoms with E-state index in [1.165, 1.54) is 4.90 Å². The number of benzene rings is 4. The van der Waals surface area contributed by atoms with Crippen LogP contribution in [-0.4, -0.2) is 41.6 Å². The third-order valence-corrected chi connectivity index (χ3v) is 8.41. The van der Waals surface area contributed by atoms with Crippen molar-refractivity contribution >= 4 is 35.8 Å². The van der Waals surface area contributed by atoms with Gasteiger partial charge in [-0.3, -0.25) is 14.5 Å². The summed E-state index contributed by atoms with van der Waals surface area (Å²) in [5, 5.41) is 16.3. The monoisotopic (exact) mass is 633 g/mol. The van der Waals surface area contributed by atoms with Crippen molar-refractivity contribution in [2.75, 3.05) is 10.2 Å². The number of nitrogens with one attached hydrogen (secondary N) is 2. The van der Waals surface area contributed by atoms with Crippen molar-refractivity contribution in [2.24, 2.45) is 0 Å². The van der Waals surface area contributed by atoms with Gasteiger partial charge >= 0.3 is 12.2 Å². The van der Waals surface area contributed by atoms with Crippen molar-refractivity contribution in [2.45, 2.75) is 63.6 Å². The molecule has 4 aromatic rings. The van der Waals surface area contributed by atoms with Gasteiger partial charge in [0.1, 0.15) is 12.9 Å². The minimum absolute atomic E-state index is 0.0980. The molecule has 1 fully saturated rings. The number of ether oxygens (including phenoxy) is 1. The van der Waals surface area contributed by atoms with Crippen molar-refractivity contribution in [1.82, 2.24) is 5.32 Å². The third kappa shape index (κ3) is 9.29. The minimum Gasteiger partial charge on any atom is -0.465 e. The fourth-order valence-corrected chi connectivity index (χ4v) is 5.98. The molecule has 3 N–H and O–H groups in total. The van der Waals surface area contributed by atoms with Gasteiger partial charge in [-0.2, -0.15) is 0 Å². The molecule has 9 nitrogen and oxygen atoms in total. The van der Waals surface area contributed by atoms with Gasteiger partial charge in [0.15, 0.2) is 0 Å². The minimum atomic E-state index is -1.03. The maximum atomic E-state index is 12.9. The SMILES string of the molecule is O=Cc1ccc(NC(=O)CCCc2ccc(-c3ccccc3)c(N(C(=O)O)[C@H]3CC[C@H](NC(=O)OCc4ccccc4)CC3)c2)cc1. The van der Waals surface area contributed by atoms with Crippen LogP contribution in [-0.2, 0) is 22.6 Å². The fraction of sp³-hybridized carbons (Fsp3) is 0.263. The first kappa shape index (κ1) is 32.9. The quantitative estimate of drug-likeness (QED) is 0.137. The van der Waals surface area contributed by atoms with E-state index in [1.807, 2.05) is 78.9 Å². The van der Waals surface area contributed by atoms with Gasteiger partial charge in [-0.15, -0.1) is 0 Å². The van der Waals surface area contributed by atoms with Crippen LogP contribution < -0.4 is 15.5 Å². The van der Waals surface area contributed by atoms with E-state index in [2.05, 4.69) is 10.6 Å². The molecule has 0 saturated heterocycles. The Hall–Kier alpha value is -5.44. The third-order valence-electron chi connectivity index (χ3n) is 8.41. The molecule has 0 atom stereocenters. The number of carbonyl (C=O) groups excluding carboxylic acids is 3. The molecule has 0 spiro atoms. The van der Waals surface area contributed by atoms with E-state index in [-0.39, 0.29) is 24.6 Å². The first-order valence-electron chi connectivity index (χ1n) is 15.9. The zero-order valence-corrected chi connectivity index (χ0v) is 26.1. The second-order valence-electron chi connectivity index (χ2n) is 11.7. The van der Waals surface area contributed by atoms with Crippen LogP contribution in [0.3, 0.4) is 0 Å². The van der Waals surface area contributed by atoms with E-state index >= 15 is 0 Å². The number of alkyl carbamates (subject to hydrolysis) is 1. The molecule has 0 heterocycles. The van der Waals surface area contributed by atoms with E-state index < -0.39 is 12.2 Å². The lowest BCUT2D eigenvalue weighted by molar-refractivity contribution is -0.116. The Morgan fingerprint density at radius 2 is 1.51 bits per heavy atom. The standard InChI is InChI=1S/C38H39N3O6/c42-25-28-14-17-31(18-15-28)39-36(43)13-7-10-27-16-23-34(30-11-5-2-6-12-30)35(24-27)41(38(45)46)33-21-19-32(20-22-33)40-37(44)47-26-29-8-3-1-4-9-29/h1-6,8-9,11-12,14-18,23-25,32-33H,7,10,13,19-22,26H2,(H,39,43)(H,40,44)(H,45,46)/t32-,33-. The highest BCUT2D eigenvalue weighted by Crippen LogP contribution is 2.36. The number of anilines is 2. The molecule has 0 aliphatic heterocycles. The Labute approximate surface area is 274 Å². The summed E-state index contributed by atoms with van der Waals surface area (Å²) in [5.41, 5.74) is 5.35. The number of hydrogen-bond donors (Lipinski definition) is 3. The van der Waals surface area contributed by atoms with Crippen molar-refractivity contribution in [3.8, 4) is 11.1 Å². The summed E-state index contributed by atoms with van der Waals surface area (Å²) in [6, 6.07) is 31.4. The maximum absolute atomic E-state index is 12.9. The zero-order valence-electron chi connectivity index (χ0n) is 26.1. The highest BCUT2D eigenvalue weighted by atomic mass is 16.5. The largest absolute Gasteiger partial charge is 0.465 e. The van der Waals surface area contributed by atoms with Crippen molar-refractivity contribution < 1.29 is 29.0 Å². The summed E-state index contributed by atoms with van der Waals surface area (Å²) in [4.78, 5) is 50.2. The maximum Gasteiger partial charge on any atom is 0.412 e. The molecule has 5 rings (SSSR count). The molecule has 9 heteroatoms. The highest BCUT2D eigenvalue weighted by Gasteiger charge is 2.32. The first-order chi connectivity index (χ1) is 22.9. The summed E-state index contributed by atoms with van der Waals surface area (Å²) < 4.78 is 5.38. The number of nitrogens with zero attached hydrogens (tertiary/aromatic N) is 1. The lowest BCUT2D eigenvalue weighted by Crippen LogP contribution is -2.46. The summed E-state index contributed by atoms with van der Waals surface area (Å²) in [5.74, 6) is -0.133. The van der Waals surface area contributed by atoms with Gasteiger partial charge in [0, 0.05) is 35.3 Å². The highest BCUT2D eigenvalue weighted by molar-refractivity contribution is 5.94. The Bertz CT molecular complexity index is 1650. The van der Waals surface area contributed by atoms with E-state index in [0.29, 0.717) is 61.9 Å². The van der Waals surface area contributed by atoms with Gasteiger partial charge in [-0.05, 0) is 85.5 Å². The molecule has 1 aliphatic rings. The molecule has 4 aromatic carbocycles. The lowest BCUT2D eigenvalue weighted by atomic mass is 9.89. The topological polar surface area (TPSA) is 125 Å². The van der Waals surface area contributed by atoms with Crippen LogP contribution in [0.4, 0.5) is 21.0 Å². The molecule has 3 amide bonds. The predicted octanol–water partition coefficient (Wildman–Crippen LogP) is 7.85. The molecule has 0 radical (unpaired) electrons. The summed E-state index contributed by atoms with van der Waals surface area (Å²) >= 11 is 0. The smallest absolute Gasteiger partial charge is 0.412 e. The number of rotatable bonds is 12. The lowest BCUT2D eigenvalue weighted by Gasteiger charge is -2.36. The van der Waals surface area contributed by atoms with Gasteiger partial charge < -0.3 is 20.5 Å². The number of carbonyl (C=O) groups is 4. The average molecular weight is 634 g/mol. The van der Waals surface area contributed by atoms with Gasteiger partial charge in [0.2, 0.25) is 5.91 Å². The van der Waals surface area contributed by atoms with Crippen molar-refractivity contribution in [1.29, 1.82) is 0 Å². The number of amides is 3. The van der Waals surface area contributed by atoms with E-state index in [9.17, 15) is 24.3 Å². The van der Waals surface area contributed by atoms with Gasteiger partial charge in [-0.1, -0.05) is 72.8 Å². The molecule has 1 saturated carbocycles. The molecule has 0 unspecified atom stereocenters. The summed E-state index contributed by atoms with van der Waals surface area (Å²) in [7, 11) is 0. The molecule has 242 valence electrons. The molecule has 47 heavy (non-hydrogen) atoms. The first-order valence-corrected chi connectivity index (χ1v) is 15.9. The van der Waals surface area contributed by atoms with Gasteiger partial charge in [-0.25, -0.2) is 9.59 Å². The van der Waals surface area contributed by atoms with Gasteiger partial charge in [0.25, 0.3) is 0 Å². The van der Waals surface area contributed by atoms with Crippen LogP contribution in [0.25, 0.3) is 11.1 Å². The Morgan fingerprint density at radius 3 is 2.17 bits per heavy atom. The number of hydrogen-bond acceptors (Lipinski definition) is 5. The Morgan fingerprint density at radius 1 is 0.830 bits per heavy atom. The molecule has 0 aromatic heterocycles. The zero-order chi connectivity index (χ0) is 33.0. The number of aldehydes is 1. The Balaban J connectivity index is 1.23. The Kier molecular flexibility index (Phi) is 11.4. The van der Waals surface area contributed by atoms with Crippen molar-refractivity contribution in [3.05, 3.63) is 120 Å². The second-order valence-corrected chi connectivity index (χ2v) is 11.7. The fourth-order valence-electron chi connectivity index (χ4n) is 5.98. The van der Waals surface area contributed by atoms with Crippen LogP contribution in [0.1, 0.15) is 60.0 Å². The summed E-state index contributed by atoms with van der Waals surface area (Å²) in [6.07, 6.45) is 3.13. The summed E-state index contributed by atoms with van der Waals surface area (Å²) in [6.45, 7) is 0.189. The van der Waals surface area contributed by atoms with Crippen LogP contribution in [0.15, 0.2) is 103 Å².